The van der Waals surface area contributed by atoms with Crippen LogP contribution >= 0.6 is 39.1 Å². The largest absolute Gasteiger partial charge is 0.505 e. The number of nitro groups is 1. The first-order valence-corrected chi connectivity index (χ1v) is 7.28. The van der Waals surface area contributed by atoms with Gasteiger partial charge in [-0.3, -0.25) is 10.1 Å². The Balaban J connectivity index is 2.22. The Morgan fingerprint density at radius 2 is 1.86 bits per heavy atom. The summed E-state index contributed by atoms with van der Waals surface area (Å²) in [4.78, 5) is 10.6. The minimum absolute atomic E-state index is 0.00727. The van der Waals surface area contributed by atoms with Gasteiger partial charge in [0.1, 0.15) is 0 Å². The van der Waals surface area contributed by atoms with Crippen molar-refractivity contribution < 1.29 is 10.0 Å². The summed E-state index contributed by atoms with van der Waals surface area (Å²) in [5.41, 5.74) is 1.08. The summed E-state index contributed by atoms with van der Waals surface area (Å²) in [6, 6.07) is 7.80. The van der Waals surface area contributed by atoms with E-state index in [9.17, 15) is 15.2 Å². The normalized spacial score (nSPS) is 10.4. The molecule has 0 radical (unpaired) electrons. The Bertz CT molecular complexity index is 687. The Morgan fingerprint density at radius 3 is 2.43 bits per heavy atom. The highest BCUT2D eigenvalue weighted by Crippen LogP contribution is 2.35. The van der Waals surface area contributed by atoms with E-state index in [-0.39, 0.29) is 28.0 Å². The zero-order chi connectivity index (χ0) is 15.6. The number of anilines is 1. The van der Waals surface area contributed by atoms with Gasteiger partial charge in [-0.2, -0.15) is 0 Å². The van der Waals surface area contributed by atoms with Gasteiger partial charge in [0.25, 0.3) is 5.69 Å². The topological polar surface area (TPSA) is 75.4 Å². The molecule has 110 valence electrons. The molecule has 21 heavy (non-hydrogen) atoms. The predicted octanol–water partition coefficient (Wildman–Crippen LogP) is 4.98. The van der Waals surface area contributed by atoms with Gasteiger partial charge in [0, 0.05) is 28.3 Å². The molecular weight excluding hydrogens is 383 g/mol. The Labute approximate surface area is 138 Å². The van der Waals surface area contributed by atoms with Crippen molar-refractivity contribution in [2.45, 2.75) is 6.54 Å². The van der Waals surface area contributed by atoms with Crippen LogP contribution in [0.15, 0.2) is 34.8 Å². The first-order chi connectivity index (χ1) is 9.88. The molecule has 2 aromatic carbocycles. The Kier molecular flexibility index (Phi) is 4.92. The summed E-state index contributed by atoms with van der Waals surface area (Å²) in [6.07, 6.45) is 0. The maximum Gasteiger partial charge on any atom is 0.275 e. The number of hydrogen-bond donors (Lipinski definition) is 2. The summed E-state index contributed by atoms with van der Waals surface area (Å²) in [7, 11) is 0. The van der Waals surface area contributed by atoms with E-state index in [1.807, 2.05) is 0 Å². The average Bonchev–Trinajstić information content (AvgIpc) is 2.43. The number of phenolic OH excluding ortho intramolecular Hbond substituents is 1. The van der Waals surface area contributed by atoms with Crippen LogP contribution in [0, 0.1) is 10.1 Å². The molecule has 2 rings (SSSR count). The SMILES string of the molecule is O=[N+]([O-])c1cc(Br)ccc1CNc1cc(Cl)c(O)c(Cl)c1. The van der Waals surface area contributed by atoms with E-state index in [1.54, 1.807) is 12.1 Å². The standard InChI is InChI=1S/C13H9BrCl2N2O3/c14-8-2-1-7(12(3-8)18(20)21)6-17-9-4-10(15)13(19)11(16)5-9/h1-5,17,19H,6H2. The van der Waals surface area contributed by atoms with Crippen LogP contribution in [-0.4, -0.2) is 10.0 Å². The summed E-state index contributed by atoms with van der Waals surface area (Å²) >= 11 is 14.8. The molecular formula is C13H9BrCl2N2O3. The third-order valence-electron chi connectivity index (χ3n) is 2.74. The lowest BCUT2D eigenvalue weighted by molar-refractivity contribution is -0.385. The Hall–Kier alpha value is -1.50. The first kappa shape index (κ1) is 15.9. The zero-order valence-corrected chi connectivity index (χ0v) is 13.5. The van der Waals surface area contributed by atoms with E-state index < -0.39 is 4.92 Å². The molecule has 0 atom stereocenters. The number of aromatic hydroxyl groups is 1. The molecule has 0 bridgehead atoms. The molecule has 0 spiro atoms. The molecule has 8 heteroatoms. The van der Waals surface area contributed by atoms with Crippen molar-refractivity contribution in [1.29, 1.82) is 0 Å². The third-order valence-corrected chi connectivity index (χ3v) is 3.81. The minimum atomic E-state index is -0.446. The highest BCUT2D eigenvalue weighted by atomic mass is 79.9. The van der Waals surface area contributed by atoms with Crippen molar-refractivity contribution in [3.8, 4) is 5.75 Å². The first-order valence-electron chi connectivity index (χ1n) is 5.73. The van der Waals surface area contributed by atoms with Gasteiger partial charge in [0.2, 0.25) is 0 Å². The van der Waals surface area contributed by atoms with Crippen molar-refractivity contribution in [3.63, 3.8) is 0 Å². The van der Waals surface area contributed by atoms with Crippen LogP contribution in [-0.2, 0) is 6.54 Å². The van der Waals surface area contributed by atoms with E-state index in [1.165, 1.54) is 18.2 Å². The number of hydrogen-bond acceptors (Lipinski definition) is 4. The number of phenols is 1. The quantitative estimate of drug-likeness (QED) is 0.437. The van der Waals surface area contributed by atoms with Gasteiger partial charge in [-0.05, 0) is 24.3 Å². The van der Waals surface area contributed by atoms with Crippen molar-refractivity contribution in [2.75, 3.05) is 5.32 Å². The second kappa shape index (κ2) is 6.51. The van der Waals surface area contributed by atoms with Crippen LogP contribution in [0.25, 0.3) is 0 Å². The summed E-state index contributed by atoms with van der Waals surface area (Å²) in [6.45, 7) is 0.223. The molecule has 0 aliphatic rings. The molecule has 0 saturated heterocycles. The smallest absolute Gasteiger partial charge is 0.275 e. The highest BCUT2D eigenvalue weighted by molar-refractivity contribution is 9.10. The van der Waals surface area contributed by atoms with Crippen LogP contribution in [0.2, 0.25) is 10.0 Å². The molecule has 0 amide bonds. The van der Waals surface area contributed by atoms with Gasteiger partial charge in [0.15, 0.2) is 5.75 Å². The van der Waals surface area contributed by atoms with E-state index in [0.29, 0.717) is 15.7 Å². The van der Waals surface area contributed by atoms with Gasteiger partial charge in [-0.15, -0.1) is 0 Å². The van der Waals surface area contributed by atoms with E-state index in [4.69, 9.17) is 23.2 Å². The van der Waals surface area contributed by atoms with Crippen LogP contribution < -0.4 is 5.32 Å². The highest BCUT2D eigenvalue weighted by Gasteiger charge is 2.14. The maximum absolute atomic E-state index is 11.0. The molecule has 0 aromatic heterocycles. The molecule has 2 aromatic rings. The lowest BCUT2D eigenvalue weighted by Gasteiger charge is -2.09. The third kappa shape index (κ3) is 3.78. The summed E-state index contributed by atoms with van der Waals surface area (Å²) < 4.78 is 0.633. The summed E-state index contributed by atoms with van der Waals surface area (Å²) in [5, 5.41) is 23.7. The number of benzene rings is 2. The van der Waals surface area contributed by atoms with Gasteiger partial charge in [-0.25, -0.2) is 0 Å². The molecule has 0 heterocycles. The van der Waals surface area contributed by atoms with Crippen LogP contribution in [0.3, 0.4) is 0 Å². The monoisotopic (exact) mass is 390 g/mol. The molecule has 0 saturated carbocycles. The lowest BCUT2D eigenvalue weighted by Crippen LogP contribution is -2.03. The fourth-order valence-corrected chi connectivity index (χ4v) is 2.56. The lowest BCUT2D eigenvalue weighted by atomic mass is 10.1. The molecule has 0 fully saturated rings. The number of nitrogens with zero attached hydrogens (tertiary/aromatic N) is 1. The number of nitrogens with one attached hydrogen (secondary N) is 1. The van der Waals surface area contributed by atoms with Crippen LogP contribution in [0.1, 0.15) is 5.56 Å². The van der Waals surface area contributed by atoms with E-state index in [0.717, 1.165) is 0 Å². The van der Waals surface area contributed by atoms with E-state index >= 15 is 0 Å². The molecule has 2 N–H and O–H groups in total. The molecule has 5 nitrogen and oxygen atoms in total. The van der Waals surface area contributed by atoms with Gasteiger partial charge in [0.05, 0.1) is 15.0 Å². The van der Waals surface area contributed by atoms with Crippen molar-refractivity contribution >= 4 is 50.5 Å². The average molecular weight is 392 g/mol. The van der Waals surface area contributed by atoms with Crippen LogP contribution in [0.4, 0.5) is 11.4 Å². The fourth-order valence-electron chi connectivity index (χ4n) is 1.72. The second-order valence-electron chi connectivity index (χ2n) is 4.17. The second-order valence-corrected chi connectivity index (χ2v) is 5.90. The Morgan fingerprint density at radius 1 is 1.24 bits per heavy atom. The zero-order valence-electron chi connectivity index (χ0n) is 10.4. The van der Waals surface area contributed by atoms with Crippen LogP contribution in [0.5, 0.6) is 5.75 Å². The van der Waals surface area contributed by atoms with Crippen molar-refractivity contribution in [1.82, 2.24) is 0 Å². The molecule has 0 aliphatic heterocycles. The fraction of sp³-hybridized carbons (Fsp3) is 0.0769. The number of halogens is 3. The van der Waals surface area contributed by atoms with E-state index in [2.05, 4.69) is 21.2 Å². The number of rotatable bonds is 4. The van der Waals surface area contributed by atoms with Crippen molar-refractivity contribution in [2.24, 2.45) is 0 Å². The van der Waals surface area contributed by atoms with Gasteiger partial charge in [-0.1, -0.05) is 39.1 Å². The minimum Gasteiger partial charge on any atom is -0.505 e. The van der Waals surface area contributed by atoms with Crippen molar-refractivity contribution in [3.05, 3.63) is 60.5 Å². The predicted molar refractivity (Wildman–Crippen MR) is 86.2 cm³/mol. The number of nitro benzene ring substituents is 1. The van der Waals surface area contributed by atoms with Gasteiger partial charge < -0.3 is 10.4 Å². The van der Waals surface area contributed by atoms with Gasteiger partial charge >= 0.3 is 0 Å². The molecule has 0 unspecified atom stereocenters. The maximum atomic E-state index is 11.0. The summed E-state index contributed by atoms with van der Waals surface area (Å²) in [5.74, 6) is -0.196. The molecule has 0 aliphatic carbocycles.